The summed E-state index contributed by atoms with van der Waals surface area (Å²) in [5.41, 5.74) is 2.23. The Bertz CT molecular complexity index is 1060. The predicted molar refractivity (Wildman–Crippen MR) is 118 cm³/mol. The van der Waals surface area contributed by atoms with Gasteiger partial charge in [0.25, 0.3) is 0 Å². The van der Waals surface area contributed by atoms with Crippen LogP contribution in [0.1, 0.15) is 36.9 Å². The predicted octanol–water partition coefficient (Wildman–Crippen LogP) is 5.22. The topological polar surface area (TPSA) is 64.8 Å². The van der Waals surface area contributed by atoms with Crippen LogP contribution in [0.2, 0.25) is 0 Å². The molecule has 0 bridgehead atoms. The summed E-state index contributed by atoms with van der Waals surface area (Å²) in [5, 5.41) is 4.20. The molecule has 0 N–H and O–H groups in total. The summed E-state index contributed by atoms with van der Waals surface area (Å²) in [6.07, 6.45) is 3.96. The van der Waals surface area contributed by atoms with Gasteiger partial charge in [-0.3, -0.25) is 4.79 Å². The van der Waals surface area contributed by atoms with Gasteiger partial charge in [0.1, 0.15) is 23.0 Å². The number of amides is 1. The molecule has 0 spiro atoms. The summed E-state index contributed by atoms with van der Waals surface area (Å²) in [5.74, 6) is 1.68. The van der Waals surface area contributed by atoms with E-state index in [2.05, 4.69) is 5.16 Å². The van der Waals surface area contributed by atoms with Crippen LogP contribution < -0.4 is 9.47 Å². The number of carbonyl (C=O) groups excluding carboxylic acids is 1. The van der Waals surface area contributed by atoms with Crippen LogP contribution in [-0.4, -0.2) is 30.2 Å². The van der Waals surface area contributed by atoms with E-state index in [1.807, 2.05) is 18.2 Å². The van der Waals surface area contributed by atoms with Gasteiger partial charge in [0, 0.05) is 18.5 Å². The van der Waals surface area contributed by atoms with Crippen molar-refractivity contribution in [3.63, 3.8) is 0 Å². The molecule has 4 rings (SSSR count). The highest BCUT2D eigenvalue weighted by Gasteiger charge is 2.28. The van der Waals surface area contributed by atoms with E-state index in [4.69, 9.17) is 14.0 Å². The molecule has 168 valence electrons. The van der Waals surface area contributed by atoms with Gasteiger partial charge in [0.2, 0.25) is 5.91 Å². The molecule has 0 unspecified atom stereocenters. The van der Waals surface area contributed by atoms with E-state index < -0.39 is 0 Å². The Balaban J connectivity index is 1.58. The van der Waals surface area contributed by atoms with Gasteiger partial charge in [-0.15, -0.1) is 0 Å². The van der Waals surface area contributed by atoms with Gasteiger partial charge in [-0.25, -0.2) is 4.39 Å². The molecule has 0 aliphatic heterocycles. The number of nitrogens with zero attached hydrogens (tertiary/aromatic N) is 2. The zero-order valence-corrected chi connectivity index (χ0v) is 18.3. The van der Waals surface area contributed by atoms with Gasteiger partial charge in [0.15, 0.2) is 5.76 Å². The maximum atomic E-state index is 13.3. The second-order valence-electron chi connectivity index (χ2n) is 8.05. The lowest BCUT2D eigenvalue weighted by Gasteiger charge is -2.25. The van der Waals surface area contributed by atoms with Gasteiger partial charge in [0.05, 0.1) is 26.3 Å². The highest BCUT2D eigenvalue weighted by Crippen LogP contribution is 2.34. The molecule has 3 aromatic rings. The molecule has 1 aromatic heterocycles. The van der Waals surface area contributed by atoms with Gasteiger partial charge in [-0.05, 0) is 48.7 Å². The molecule has 1 heterocycles. The minimum absolute atomic E-state index is 0.0281. The smallest absolute Gasteiger partial charge is 0.226 e. The number of methoxy groups -OCH3 is 2. The number of hydrogen-bond acceptors (Lipinski definition) is 5. The molecule has 7 heteroatoms. The third-order valence-corrected chi connectivity index (χ3v) is 5.89. The summed E-state index contributed by atoms with van der Waals surface area (Å²) in [6, 6.07) is 13.5. The molecular formula is C25H27FN2O4. The van der Waals surface area contributed by atoms with Crippen molar-refractivity contribution in [1.82, 2.24) is 10.1 Å². The van der Waals surface area contributed by atoms with E-state index >= 15 is 0 Å². The molecule has 32 heavy (non-hydrogen) atoms. The van der Waals surface area contributed by atoms with Crippen LogP contribution in [-0.2, 0) is 17.9 Å². The molecule has 6 nitrogen and oxygen atoms in total. The Kier molecular flexibility index (Phi) is 6.73. The number of carbonyl (C=O) groups is 1. The second-order valence-corrected chi connectivity index (χ2v) is 8.05. The van der Waals surface area contributed by atoms with Gasteiger partial charge < -0.3 is 18.9 Å². The fraction of sp³-hybridized carbons (Fsp3) is 0.360. The monoisotopic (exact) mass is 438 g/mol. The van der Waals surface area contributed by atoms with Crippen molar-refractivity contribution in [2.45, 2.75) is 38.8 Å². The van der Waals surface area contributed by atoms with Crippen LogP contribution in [0.5, 0.6) is 11.5 Å². The van der Waals surface area contributed by atoms with Crippen molar-refractivity contribution in [3.05, 3.63) is 65.6 Å². The molecule has 0 radical (unpaired) electrons. The number of rotatable bonds is 8. The molecular weight excluding hydrogens is 411 g/mol. The molecule has 1 aliphatic carbocycles. The maximum absolute atomic E-state index is 13.3. The molecule has 0 saturated heterocycles. The third kappa shape index (κ3) is 4.93. The first-order chi connectivity index (χ1) is 15.6. The second kappa shape index (κ2) is 9.85. The van der Waals surface area contributed by atoms with E-state index in [0.29, 0.717) is 36.0 Å². The third-order valence-electron chi connectivity index (χ3n) is 5.89. The summed E-state index contributed by atoms with van der Waals surface area (Å²) < 4.78 is 29.7. The summed E-state index contributed by atoms with van der Waals surface area (Å²) >= 11 is 0. The molecule has 2 aromatic carbocycles. The van der Waals surface area contributed by atoms with Crippen LogP contribution in [0.4, 0.5) is 4.39 Å². The van der Waals surface area contributed by atoms with Crippen molar-refractivity contribution in [1.29, 1.82) is 0 Å². The summed E-state index contributed by atoms with van der Waals surface area (Å²) in [7, 11) is 3.19. The molecule has 1 saturated carbocycles. The zero-order valence-electron chi connectivity index (χ0n) is 18.3. The number of benzene rings is 2. The largest absolute Gasteiger partial charge is 0.497 e. The van der Waals surface area contributed by atoms with Crippen LogP contribution in [0.25, 0.3) is 11.3 Å². The standard InChI is InChI=1S/C25H27FN2O4/c1-30-21-11-12-23(31-2)22(14-21)24-13-20(27-32-24)16-28(25(29)18-5-3-4-6-18)15-17-7-9-19(26)10-8-17/h7-14,18H,3-6,15-16H2,1-2H3. The first-order valence-corrected chi connectivity index (χ1v) is 10.8. The normalized spacial score (nSPS) is 13.8. The Labute approximate surface area is 186 Å². The van der Waals surface area contributed by atoms with Crippen molar-refractivity contribution in [3.8, 4) is 22.8 Å². The molecule has 1 aliphatic rings. The fourth-order valence-corrected chi connectivity index (χ4v) is 4.17. The quantitative estimate of drug-likeness (QED) is 0.483. The highest BCUT2D eigenvalue weighted by atomic mass is 19.1. The zero-order chi connectivity index (χ0) is 22.5. The first kappa shape index (κ1) is 21.9. The number of halogens is 1. The Morgan fingerprint density at radius 3 is 2.50 bits per heavy atom. The van der Waals surface area contributed by atoms with E-state index in [9.17, 15) is 9.18 Å². The lowest BCUT2D eigenvalue weighted by atomic mass is 10.1. The van der Waals surface area contributed by atoms with Gasteiger partial charge in [-0.1, -0.05) is 30.1 Å². The van der Waals surface area contributed by atoms with E-state index in [-0.39, 0.29) is 17.6 Å². The molecule has 0 atom stereocenters. The van der Waals surface area contributed by atoms with Crippen LogP contribution in [0.15, 0.2) is 53.1 Å². The van der Waals surface area contributed by atoms with Gasteiger partial charge in [-0.2, -0.15) is 0 Å². The fourth-order valence-electron chi connectivity index (χ4n) is 4.17. The highest BCUT2D eigenvalue weighted by molar-refractivity contribution is 5.79. The molecule has 1 fully saturated rings. The van der Waals surface area contributed by atoms with Crippen molar-refractivity contribution in [2.75, 3.05) is 14.2 Å². The van der Waals surface area contributed by atoms with E-state index in [1.54, 1.807) is 37.3 Å². The van der Waals surface area contributed by atoms with E-state index in [1.165, 1.54) is 12.1 Å². The number of aromatic nitrogens is 1. The van der Waals surface area contributed by atoms with Crippen molar-refractivity contribution < 1.29 is 23.2 Å². The maximum Gasteiger partial charge on any atom is 0.226 e. The minimum atomic E-state index is -0.296. The van der Waals surface area contributed by atoms with Crippen LogP contribution in [0.3, 0.4) is 0 Å². The average Bonchev–Trinajstić information content (AvgIpc) is 3.52. The molecule has 1 amide bonds. The lowest BCUT2D eigenvalue weighted by molar-refractivity contribution is -0.136. The SMILES string of the molecule is COc1ccc(OC)c(-c2cc(CN(Cc3ccc(F)cc3)C(=O)C3CCCC3)no2)c1. The van der Waals surface area contributed by atoms with Crippen LogP contribution >= 0.6 is 0 Å². The Morgan fingerprint density at radius 1 is 1.06 bits per heavy atom. The average molecular weight is 438 g/mol. The minimum Gasteiger partial charge on any atom is -0.497 e. The Hall–Kier alpha value is -3.35. The van der Waals surface area contributed by atoms with Crippen molar-refractivity contribution in [2.24, 2.45) is 5.92 Å². The Morgan fingerprint density at radius 2 is 1.81 bits per heavy atom. The number of hydrogen-bond donors (Lipinski definition) is 0. The number of ether oxygens (including phenoxy) is 2. The summed E-state index contributed by atoms with van der Waals surface area (Å²) in [4.78, 5) is 15.0. The van der Waals surface area contributed by atoms with Gasteiger partial charge >= 0.3 is 0 Å². The van der Waals surface area contributed by atoms with E-state index in [0.717, 1.165) is 36.8 Å². The van der Waals surface area contributed by atoms with Crippen LogP contribution in [0, 0.1) is 11.7 Å². The summed E-state index contributed by atoms with van der Waals surface area (Å²) in [6.45, 7) is 0.697. The van der Waals surface area contributed by atoms with Crippen molar-refractivity contribution >= 4 is 5.91 Å². The first-order valence-electron chi connectivity index (χ1n) is 10.8. The lowest BCUT2D eigenvalue weighted by Crippen LogP contribution is -2.34.